The molecule has 2 bridgehead atoms. The van der Waals surface area contributed by atoms with Crippen molar-refractivity contribution in [2.24, 2.45) is 23.7 Å². The molecule has 0 saturated heterocycles. The number of hydrogen-bond donors (Lipinski definition) is 0. The molecule has 0 heteroatoms. The highest BCUT2D eigenvalue weighted by Crippen LogP contribution is 2.63. The summed E-state index contributed by atoms with van der Waals surface area (Å²) in [4.78, 5) is 0. The molecule has 3 aliphatic carbocycles. The van der Waals surface area contributed by atoms with Gasteiger partial charge in [-0.1, -0.05) is 48.9 Å². The fourth-order valence-electron chi connectivity index (χ4n) is 6.00. The molecule has 0 aliphatic heterocycles. The van der Waals surface area contributed by atoms with E-state index in [0.717, 1.165) is 29.6 Å². The fraction of sp³-hybridized carbons (Fsp3) is 0.500. The normalized spacial score (nSPS) is 38.5. The Hall–Kier alpha value is -1.30. The van der Waals surface area contributed by atoms with Gasteiger partial charge in [-0.2, -0.15) is 0 Å². The fourth-order valence-corrected chi connectivity index (χ4v) is 6.00. The minimum atomic E-state index is 0.852. The van der Waals surface area contributed by atoms with Gasteiger partial charge >= 0.3 is 0 Å². The molecule has 2 aromatic carbocycles. The lowest BCUT2D eigenvalue weighted by molar-refractivity contribution is 0.233. The molecule has 0 spiro atoms. The van der Waals surface area contributed by atoms with E-state index in [-0.39, 0.29) is 0 Å². The first-order chi connectivity index (χ1) is 9.92. The Morgan fingerprint density at radius 1 is 0.750 bits per heavy atom. The first kappa shape index (κ1) is 11.4. The molecule has 3 saturated carbocycles. The van der Waals surface area contributed by atoms with E-state index in [1.54, 1.807) is 5.56 Å². The highest BCUT2D eigenvalue weighted by atomic mass is 14.6. The van der Waals surface area contributed by atoms with Gasteiger partial charge in [0.25, 0.3) is 0 Å². The molecular formula is C20H22. The minimum absolute atomic E-state index is 0.852. The van der Waals surface area contributed by atoms with E-state index in [1.165, 1.54) is 42.9 Å². The zero-order chi connectivity index (χ0) is 13.1. The summed E-state index contributed by atoms with van der Waals surface area (Å²) in [6.07, 6.45) is 7.56. The summed E-state index contributed by atoms with van der Waals surface area (Å²) in [5.41, 5.74) is 1.65. The minimum Gasteiger partial charge on any atom is -0.0616 e. The Morgan fingerprint density at radius 2 is 1.60 bits per heavy atom. The molecule has 2 aromatic rings. The van der Waals surface area contributed by atoms with Crippen LogP contribution in [-0.4, -0.2) is 0 Å². The molecular weight excluding hydrogens is 240 g/mol. The monoisotopic (exact) mass is 262 g/mol. The molecule has 3 aliphatic rings. The molecule has 0 heterocycles. The predicted molar refractivity (Wildman–Crippen MR) is 83.7 cm³/mol. The van der Waals surface area contributed by atoms with Gasteiger partial charge in [-0.05, 0) is 71.6 Å². The second-order valence-corrected chi connectivity index (χ2v) is 7.33. The zero-order valence-corrected chi connectivity index (χ0v) is 12.0. The third kappa shape index (κ3) is 1.43. The summed E-state index contributed by atoms with van der Waals surface area (Å²) in [5.74, 6) is 5.07. The average molecular weight is 262 g/mol. The molecule has 102 valence electrons. The number of fused-ring (bicyclic) bond motifs is 6. The van der Waals surface area contributed by atoms with Crippen LogP contribution >= 0.6 is 0 Å². The number of hydrogen-bond acceptors (Lipinski definition) is 0. The first-order valence-corrected chi connectivity index (χ1v) is 8.39. The number of benzene rings is 2. The van der Waals surface area contributed by atoms with Crippen molar-refractivity contribution in [1.29, 1.82) is 0 Å². The van der Waals surface area contributed by atoms with Gasteiger partial charge < -0.3 is 0 Å². The Labute approximate surface area is 121 Å². The van der Waals surface area contributed by atoms with E-state index in [2.05, 4.69) is 42.5 Å². The Balaban J connectivity index is 1.60. The SMILES string of the molecule is c1ccc2c(C3CC4CC3C3CCCC43)cccc2c1. The summed E-state index contributed by atoms with van der Waals surface area (Å²) in [7, 11) is 0. The average Bonchev–Trinajstić information content (AvgIpc) is 3.19. The lowest BCUT2D eigenvalue weighted by Crippen LogP contribution is -2.23. The topological polar surface area (TPSA) is 0 Å². The maximum absolute atomic E-state index is 2.41. The third-order valence-corrected chi connectivity index (χ3v) is 6.65. The lowest BCUT2D eigenvalue weighted by atomic mass is 9.72. The van der Waals surface area contributed by atoms with Gasteiger partial charge in [0.2, 0.25) is 0 Å². The van der Waals surface area contributed by atoms with Crippen LogP contribution in [-0.2, 0) is 0 Å². The second kappa shape index (κ2) is 4.10. The van der Waals surface area contributed by atoms with Crippen LogP contribution in [0.4, 0.5) is 0 Å². The van der Waals surface area contributed by atoms with Gasteiger partial charge in [0.15, 0.2) is 0 Å². The van der Waals surface area contributed by atoms with Crippen LogP contribution < -0.4 is 0 Å². The van der Waals surface area contributed by atoms with Crippen LogP contribution in [0.5, 0.6) is 0 Å². The van der Waals surface area contributed by atoms with Crippen LogP contribution in [0.2, 0.25) is 0 Å². The summed E-state index contributed by atoms with van der Waals surface area (Å²) < 4.78 is 0. The van der Waals surface area contributed by atoms with E-state index in [1.807, 2.05) is 0 Å². The lowest BCUT2D eigenvalue weighted by Gasteiger charge is -2.32. The van der Waals surface area contributed by atoms with Crippen molar-refractivity contribution in [3.8, 4) is 0 Å². The van der Waals surface area contributed by atoms with E-state index >= 15 is 0 Å². The molecule has 20 heavy (non-hydrogen) atoms. The van der Waals surface area contributed by atoms with Crippen molar-refractivity contribution >= 4 is 10.8 Å². The summed E-state index contributed by atoms with van der Waals surface area (Å²) in [5, 5.41) is 2.94. The van der Waals surface area contributed by atoms with Crippen LogP contribution in [0, 0.1) is 23.7 Å². The molecule has 3 fully saturated rings. The molecule has 5 rings (SSSR count). The highest BCUT2D eigenvalue weighted by Gasteiger charge is 2.54. The standard InChI is InChI=1S/C20H22/c1-2-7-15-13(5-1)6-3-9-17(15)19-11-14-12-20(19)18-10-4-8-16(14)18/h1-3,5-7,9,14,16,18-20H,4,8,10-12H2. The molecule has 0 radical (unpaired) electrons. The smallest absolute Gasteiger partial charge is 0.0122 e. The Kier molecular flexibility index (Phi) is 2.33. The van der Waals surface area contributed by atoms with Crippen molar-refractivity contribution in [1.82, 2.24) is 0 Å². The first-order valence-electron chi connectivity index (χ1n) is 8.39. The van der Waals surface area contributed by atoms with Crippen LogP contribution in [0.15, 0.2) is 42.5 Å². The third-order valence-electron chi connectivity index (χ3n) is 6.65. The highest BCUT2D eigenvalue weighted by molar-refractivity contribution is 5.86. The van der Waals surface area contributed by atoms with E-state index in [4.69, 9.17) is 0 Å². The van der Waals surface area contributed by atoms with Crippen molar-refractivity contribution in [2.45, 2.75) is 38.0 Å². The van der Waals surface area contributed by atoms with Gasteiger partial charge in [0.05, 0.1) is 0 Å². The van der Waals surface area contributed by atoms with Gasteiger partial charge in [-0.25, -0.2) is 0 Å². The molecule has 0 nitrogen and oxygen atoms in total. The molecule has 0 N–H and O–H groups in total. The van der Waals surface area contributed by atoms with Crippen LogP contribution in [0.3, 0.4) is 0 Å². The second-order valence-electron chi connectivity index (χ2n) is 7.33. The van der Waals surface area contributed by atoms with Gasteiger partial charge in [0.1, 0.15) is 0 Å². The maximum atomic E-state index is 2.41. The van der Waals surface area contributed by atoms with Crippen LogP contribution in [0.25, 0.3) is 10.8 Å². The zero-order valence-electron chi connectivity index (χ0n) is 12.0. The largest absolute Gasteiger partial charge is 0.0616 e. The Bertz CT molecular complexity index is 651. The van der Waals surface area contributed by atoms with E-state index in [0.29, 0.717) is 0 Å². The van der Waals surface area contributed by atoms with Crippen molar-refractivity contribution in [2.75, 3.05) is 0 Å². The van der Waals surface area contributed by atoms with Crippen molar-refractivity contribution in [3.63, 3.8) is 0 Å². The Morgan fingerprint density at radius 3 is 2.60 bits per heavy atom. The predicted octanol–water partition coefficient (Wildman–Crippen LogP) is 5.38. The number of rotatable bonds is 1. The molecule has 5 unspecified atom stereocenters. The van der Waals surface area contributed by atoms with E-state index < -0.39 is 0 Å². The summed E-state index contributed by atoms with van der Waals surface area (Å²) in [6.45, 7) is 0. The van der Waals surface area contributed by atoms with Gasteiger partial charge in [-0.15, -0.1) is 0 Å². The summed E-state index contributed by atoms with van der Waals surface area (Å²) >= 11 is 0. The molecule has 0 aromatic heterocycles. The summed E-state index contributed by atoms with van der Waals surface area (Å²) in [6, 6.07) is 15.9. The van der Waals surface area contributed by atoms with Crippen molar-refractivity contribution in [3.05, 3.63) is 48.0 Å². The quantitative estimate of drug-likeness (QED) is 0.647. The van der Waals surface area contributed by atoms with Gasteiger partial charge in [-0.3, -0.25) is 0 Å². The molecule has 5 atom stereocenters. The maximum Gasteiger partial charge on any atom is -0.0122 e. The van der Waals surface area contributed by atoms with Crippen LogP contribution in [0.1, 0.15) is 43.6 Å². The molecule has 0 amide bonds. The van der Waals surface area contributed by atoms with E-state index in [9.17, 15) is 0 Å². The van der Waals surface area contributed by atoms with Gasteiger partial charge in [0, 0.05) is 0 Å². The van der Waals surface area contributed by atoms with Crippen molar-refractivity contribution < 1.29 is 0 Å².